The van der Waals surface area contributed by atoms with Gasteiger partial charge in [0.05, 0.1) is 6.04 Å². The van der Waals surface area contributed by atoms with Gasteiger partial charge in [0.1, 0.15) is 11.5 Å². The van der Waals surface area contributed by atoms with E-state index < -0.39 is 0 Å². The second kappa shape index (κ2) is 6.95. The van der Waals surface area contributed by atoms with Gasteiger partial charge >= 0.3 is 0 Å². The molecule has 0 fully saturated rings. The van der Waals surface area contributed by atoms with Crippen LogP contribution in [0, 0.1) is 12.3 Å². The number of aryl methyl sites for hydroxylation is 1. The Bertz CT molecular complexity index is 342. The predicted octanol–water partition coefficient (Wildman–Crippen LogP) is 3.43. The molecular weight excluding hydrogens is 226 g/mol. The Kier molecular flexibility index (Phi) is 5.89. The maximum absolute atomic E-state index is 9.20. The van der Waals surface area contributed by atoms with Crippen molar-refractivity contribution in [1.82, 2.24) is 5.32 Å². The van der Waals surface area contributed by atoms with Crippen LogP contribution in [0.15, 0.2) is 16.5 Å². The van der Waals surface area contributed by atoms with Gasteiger partial charge in [-0.3, -0.25) is 0 Å². The summed E-state index contributed by atoms with van der Waals surface area (Å²) in [5.74, 6) is 1.93. The molecular formula is C15H27NO2. The molecule has 1 aromatic heterocycles. The predicted molar refractivity (Wildman–Crippen MR) is 74.6 cm³/mol. The first kappa shape index (κ1) is 15.3. The first-order valence-electron chi connectivity index (χ1n) is 6.97. The molecule has 2 N–H and O–H groups in total. The third-order valence-corrected chi connectivity index (χ3v) is 4.11. The maximum atomic E-state index is 9.20. The zero-order chi connectivity index (χ0) is 13.6. The van der Waals surface area contributed by atoms with Crippen LogP contribution in [0.2, 0.25) is 0 Å². The average molecular weight is 253 g/mol. The molecule has 0 aliphatic rings. The highest BCUT2D eigenvalue weighted by Gasteiger charge is 2.26. The van der Waals surface area contributed by atoms with Crippen molar-refractivity contribution in [2.45, 2.75) is 53.0 Å². The number of rotatable bonds is 8. The zero-order valence-corrected chi connectivity index (χ0v) is 12.1. The number of aliphatic hydroxyl groups excluding tert-OH is 1. The smallest absolute Gasteiger partial charge is 0.120 e. The normalized spacial score (nSPS) is 13.8. The first-order chi connectivity index (χ1) is 8.56. The summed E-state index contributed by atoms with van der Waals surface area (Å²) in [7, 11) is 0. The number of hydrogen-bond acceptors (Lipinski definition) is 3. The zero-order valence-electron chi connectivity index (χ0n) is 12.1. The fourth-order valence-corrected chi connectivity index (χ4v) is 2.34. The van der Waals surface area contributed by atoms with Gasteiger partial charge in [-0.1, -0.05) is 13.8 Å². The van der Waals surface area contributed by atoms with Crippen molar-refractivity contribution < 1.29 is 9.52 Å². The molecule has 0 aliphatic carbocycles. The highest BCUT2D eigenvalue weighted by Crippen LogP contribution is 2.30. The minimum atomic E-state index is 0.199. The fourth-order valence-electron chi connectivity index (χ4n) is 2.34. The summed E-state index contributed by atoms with van der Waals surface area (Å²) in [6.07, 6.45) is 3.03. The van der Waals surface area contributed by atoms with E-state index in [2.05, 4.69) is 26.1 Å². The van der Waals surface area contributed by atoms with Gasteiger partial charge in [0.25, 0.3) is 0 Å². The molecule has 1 atom stereocenters. The van der Waals surface area contributed by atoms with E-state index in [0.717, 1.165) is 37.3 Å². The lowest BCUT2D eigenvalue weighted by molar-refractivity contribution is 0.158. The summed E-state index contributed by atoms with van der Waals surface area (Å²) in [5.41, 5.74) is 0.199. The number of nitrogens with one attached hydrogen (secondary N) is 1. The van der Waals surface area contributed by atoms with Crippen LogP contribution in [0.4, 0.5) is 0 Å². The van der Waals surface area contributed by atoms with Crippen LogP contribution >= 0.6 is 0 Å². The van der Waals surface area contributed by atoms with Crippen LogP contribution in [0.5, 0.6) is 0 Å². The molecule has 0 saturated heterocycles. The van der Waals surface area contributed by atoms with E-state index in [0.29, 0.717) is 0 Å². The van der Waals surface area contributed by atoms with E-state index in [1.54, 1.807) is 0 Å². The third kappa shape index (κ3) is 3.85. The maximum Gasteiger partial charge on any atom is 0.120 e. The molecule has 0 aliphatic heterocycles. The van der Waals surface area contributed by atoms with Gasteiger partial charge in [0.15, 0.2) is 0 Å². The third-order valence-electron chi connectivity index (χ3n) is 4.11. The Hall–Kier alpha value is -0.800. The molecule has 1 unspecified atom stereocenters. The summed E-state index contributed by atoms with van der Waals surface area (Å²) in [6.45, 7) is 9.65. The van der Waals surface area contributed by atoms with Crippen LogP contribution in [-0.4, -0.2) is 18.3 Å². The summed E-state index contributed by atoms with van der Waals surface area (Å²) >= 11 is 0. The van der Waals surface area contributed by atoms with Gasteiger partial charge < -0.3 is 14.8 Å². The standard InChI is InChI=1S/C15H27NO2/c1-5-15(6-2,9-10-17)11-16-13(4)14-8-7-12(3)18-14/h7-8,13,16-17H,5-6,9-11H2,1-4H3. The summed E-state index contributed by atoms with van der Waals surface area (Å²) in [4.78, 5) is 0. The average Bonchev–Trinajstić information content (AvgIpc) is 2.81. The minimum Gasteiger partial charge on any atom is -0.465 e. The lowest BCUT2D eigenvalue weighted by atomic mass is 9.79. The Morgan fingerprint density at radius 2 is 2.00 bits per heavy atom. The Morgan fingerprint density at radius 1 is 1.33 bits per heavy atom. The van der Waals surface area contributed by atoms with Crippen molar-refractivity contribution in [3.05, 3.63) is 23.7 Å². The van der Waals surface area contributed by atoms with Gasteiger partial charge in [0.2, 0.25) is 0 Å². The molecule has 0 amide bonds. The number of furan rings is 1. The van der Waals surface area contributed by atoms with E-state index in [9.17, 15) is 5.11 Å². The molecule has 0 spiro atoms. The van der Waals surface area contributed by atoms with Crippen LogP contribution in [0.3, 0.4) is 0 Å². The molecule has 104 valence electrons. The van der Waals surface area contributed by atoms with Crippen molar-refractivity contribution in [3.63, 3.8) is 0 Å². The van der Waals surface area contributed by atoms with Crippen LogP contribution < -0.4 is 5.32 Å². The summed E-state index contributed by atoms with van der Waals surface area (Å²) < 4.78 is 5.63. The van der Waals surface area contributed by atoms with Crippen molar-refractivity contribution in [2.24, 2.45) is 5.41 Å². The van der Waals surface area contributed by atoms with Crippen molar-refractivity contribution >= 4 is 0 Å². The molecule has 0 radical (unpaired) electrons. The second-order valence-electron chi connectivity index (χ2n) is 5.23. The minimum absolute atomic E-state index is 0.199. The van der Waals surface area contributed by atoms with Crippen LogP contribution in [0.1, 0.15) is 57.6 Å². The lowest BCUT2D eigenvalue weighted by Crippen LogP contribution is -2.35. The van der Waals surface area contributed by atoms with Gasteiger partial charge in [-0.2, -0.15) is 0 Å². The largest absolute Gasteiger partial charge is 0.465 e. The topological polar surface area (TPSA) is 45.4 Å². The van der Waals surface area contributed by atoms with Gasteiger partial charge in [-0.05, 0) is 50.7 Å². The lowest BCUT2D eigenvalue weighted by Gasteiger charge is -2.32. The van der Waals surface area contributed by atoms with E-state index in [1.807, 2.05) is 19.1 Å². The van der Waals surface area contributed by atoms with Crippen molar-refractivity contribution in [1.29, 1.82) is 0 Å². The van der Waals surface area contributed by atoms with Crippen molar-refractivity contribution in [2.75, 3.05) is 13.2 Å². The molecule has 1 heterocycles. The van der Waals surface area contributed by atoms with Gasteiger partial charge in [-0.25, -0.2) is 0 Å². The summed E-state index contributed by atoms with van der Waals surface area (Å²) in [5, 5.41) is 12.7. The molecule has 3 heteroatoms. The van der Waals surface area contributed by atoms with Crippen LogP contribution in [0.25, 0.3) is 0 Å². The molecule has 1 aromatic rings. The number of hydrogen-bond donors (Lipinski definition) is 2. The second-order valence-corrected chi connectivity index (χ2v) is 5.23. The van der Waals surface area contributed by atoms with Crippen LogP contribution in [-0.2, 0) is 0 Å². The molecule has 18 heavy (non-hydrogen) atoms. The monoisotopic (exact) mass is 253 g/mol. The van der Waals surface area contributed by atoms with E-state index >= 15 is 0 Å². The van der Waals surface area contributed by atoms with E-state index in [4.69, 9.17) is 4.42 Å². The fraction of sp³-hybridized carbons (Fsp3) is 0.733. The van der Waals surface area contributed by atoms with Gasteiger partial charge in [-0.15, -0.1) is 0 Å². The molecule has 0 bridgehead atoms. The highest BCUT2D eigenvalue weighted by atomic mass is 16.3. The highest BCUT2D eigenvalue weighted by molar-refractivity contribution is 5.09. The molecule has 0 aromatic carbocycles. The van der Waals surface area contributed by atoms with Crippen molar-refractivity contribution in [3.8, 4) is 0 Å². The molecule has 0 saturated carbocycles. The Morgan fingerprint density at radius 3 is 2.44 bits per heavy atom. The Balaban J connectivity index is 2.56. The number of aliphatic hydroxyl groups is 1. The quantitative estimate of drug-likeness (QED) is 0.746. The van der Waals surface area contributed by atoms with Gasteiger partial charge in [0, 0.05) is 13.2 Å². The Labute approximate surface area is 111 Å². The van der Waals surface area contributed by atoms with E-state index in [-0.39, 0.29) is 18.1 Å². The molecule has 3 nitrogen and oxygen atoms in total. The van der Waals surface area contributed by atoms with E-state index in [1.165, 1.54) is 0 Å². The SMILES string of the molecule is CCC(CC)(CCO)CNC(C)c1ccc(C)o1. The summed E-state index contributed by atoms with van der Waals surface area (Å²) in [6, 6.07) is 4.24. The first-order valence-corrected chi connectivity index (χ1v) is 6.97. The molecule has 1 rings (SSSR count).